The van der Waals surface area contributed by atoms with E-state index in [4.69, 9.17) is 0 Å². The zero-order valence-electron chi connectivity index (χ0n) is 9.33. The molecule has 0 saturated heterocycles. The van der Waals surface area contributed by atoms with Crippen molar-refractivity contribution in [2.45, 2.75) is 0 Å². The van der Waals surface area contributed by atoms with Crippen molar-refractivity contribution >= 4 is 21.8 Å². The lowest BCUT2D eigenvalue weighted by molar-refractivity contribution is 0.0794. The van der Waals surface area contributed by atoms with E-state index in [2.05, 4.69) is 21.2 Å². The summed E-state index contributed by atoms with van der Waals surface area (Å²) in [7, 11) is 3.54. The van der Waals surface area contributed by atoms with Gasteiger partial charge in [-0.25, -0.2) is 0 Å². The summed E-state index contributed by atoms with van der Waals surface area (Å²) in [6.45, 7) is 1.32. The zero-order chi connectivity index (χ0) is 12.1. The number of hydrogen-bond donors (Lipinski definition) is 2. The molecule has 0 aliphatic carbocycles. The highest BCUT2D eigenvalue weighted by Gasteiger charge is 2.15. The van der Waals surface area contributed by atoms with E-state index < -0.39 is 0 Å². The summed E-state index contributed by atoms with van der Waals surface area (Å²) < 4.78 is 0.774. The number of nitrogens with one attached hydrogen (secondary N) is 1. The zero-order valence-corrected chi connectivity index (χ0v) is 10.9. The predicted molar refractivity (Wildman–Crippen MR) is 66.7 cm³/mol. The third-order valence-corrected chi connectivity index (χ3v) is 2.73. The third kappa shape index (κ3) is 3.21. The molecular formula is C11H15BrN2O2. The van der Waals surface area contributed by atoms with Crippen molar-refractivity contribution in [1.82, 2.24) is 10.2 Å². The lowest BCUT2D eigenvalue weighted by Crippen LogP contribution is -2.32. The van der Waals surface area contributed by atoms with Crippen LogP contribution in [0.4, 0.5) is 0 Å². The van der Waals surface area contributed by atoms with Crippen LogP contribution in [0.25, 0.3) is 0 Å². The number of likely N-dealkylation sites (N-methyl/N-ethyl adjacent to an activating group) is 2. The summed E-state index contributed by atoms with van der Waals surface area (Å²) in [5.41, 5.74) is 0.313. The molecular weight excluding hydrogens is 272 g/mol. The summed E-state index contributed by atoms with van der Waals surface area (Å²) in [6, 6.07) is 4.82. The Bertz CT molecular complexity index is 382. The van der Waals surface area contributed by atoms with Gasteiger partial charge in [0.1, 0.15) is 5.75 Å². The number of carbonyl (C=O) groups excluding carboxylic acids is 1. The first-order chi connectivity index (χ1) is 7.56. The fraction of sp³-hybridized carbons (Fsp3) is 0.364. The molecule has 1 aromatic rings. The first kappa shape index (κ1) is 13.0. The van der Waals surface area contributed by atoms with Crippen molar-refractivity contribution in [2.75, 3.05) is 27.2 Å². The number of amides is 1. The van der Waals surface area contributed by atoms with Crippen LogP contribution in [0.3, 0.4) is 0 Å². The number of phenolic OH excluding ortho intramolecular Hbond substituents is 1. The van der Waals surface area contributed by atoms with Gasteiger partial charge in [0.05, 0.1) is 5.56 Å². The van der Waals surface area contributed by atoms with Crippen LogP contribution in [-0.2, 0) is 0 Å². The number of rotatable bonds is 4. The van der Waals surface area contributed by atoms with Gasteiger partial charge in [0.25, 0.3) is 5.91 Å². The van der Waals surface area contributed by atoms with Crippen molar-refractivity contribution < 1.29 is 9.90 Å². The summed E-state index contributed by atoms with van der Waals surface area (Å²) >= 11 is 3.27. The number of benzene rings is 1. The largest absolute Gasteiger partial charge is 0.507 e. The summed E-state index contributed by atoms with van der Waals surface area (Å²) in [4.78, 5) is 13.5. The van der Waals surface area contributed by atoms with E-state index in [9.17, 15) is 9.90 Å². The van der Waals surface area contributed by atoms with Gasteiger partial charge in [-0.3, -0.25) is 4.79 Å². The van der Waals surface area contributed by atoms with Crippen LogP contribution >= 0.6 is 15.9 Å². The van der Waals surface area contributed by atoms with Crippen molar-refractivity contribution in [2.24, 2.45) is 0 Å². The molecule has 0 aliphatic heterocycles. The molecule has 0 aliphatic rings. The van der Waals surface area contributed by atoms with Crippen LogP contribution in [0.1, 0.15) is 10.4 Å². The van der Waals surface area contributed by atoms with Crippen LogP contribution < -0.4 is 5.32 Å². The van der Waals surface area contributed by atoms with Gasteiger partial charge in [-0.05, 0) is 25.2 Å². The van der Waals surface area contributed by atoms with Crippen molar-refractivity contribution in [1.29, 1.82) is 0 Å². The second-order valence-corrected chi connectivity index (χ2v) is 4.41. The van der Waals surface area contributed by atoms with Gasteiger partial charge >= 0.3 is 0 Å². The average Bonchev–Trinajstić information content (AvgIpc) is 2.28. The Balaban J connectivity index is 2.83. The first-order valence-corrected chi connectivity index (χ1v) is 5.74. The fourth-order valence-electron chi connectivity index (χ4n) is 1.27. The van der Waals surface area contributed by atoms with Gasteiger partial charge in [-0.15, -0.1) is 0 Å². The van der Waals surface area contributed by atoms with E-state index in [0.717, 1.165) is 11.0 Å². The minimum Gasteiger partial charge on any atom is -0.507 e. The fourth-order valence-corrected chi connectivity index (χ4v) is 1.63. The molecule has 5 heteroatoms. The Kier molecular flexibility index (Phi) is 4.76. The van der Waals surface area contributed by atoms with E-state index in [1.54, 1.807) is 24.1 Å². The molecule has 16 heavy (non-hydrogen) atoms. The lowest BCUT2D eigenvalue weighted by Gasteiger charge is -2.17. The molecule has 1 aromatic carbocycles. The summed E-state index contributed by atoms with van der Waals surface area (Å²) in [5, 5.41) is 12.6. The second kappa shape index (κ2) is 5.86. The molecule has 0 saturated carbocycles. The molecule has 88 valence electrons. The number of hydrogen-bond acceptors (Lipinski definition) is 3. The highest BCUT2D eigenvalue weighted by molar-refractivity contribution is 9.10. The van der Waals surface area contributed by atoms with Gasteiger partial charge in [0, 0.05) is 24.6 Å². The van der Waals surface area contributed by atoms with Gasteiger partial charge in [-0.1, -0.05) is 15.9 Å². The van der Waals surface area contributed by atoms with E-state index in [1.165, 1.54) is 6.07 Å². The lowest BCUT2D eigenvalue weighted by atomic mass is 10.2. The van der Waals surface area contributed by atoms with Crippen molar-refractivity contribution in [3.63, 3.8) is 0 Å². The van der Waals surface area contributed by atoms with Crippen LogP contribution in [0, 0.1) is 0 Å². The number of halogens is 1. The minimum absolute atomic E-state index is 0.00417. The summed E-state index contributed by atoms with van der Waals surface area (Å²) in [6.07, 6.45) is 0. The van der Waals surface area contributed by atoms with Crippen molar-refractivity contribution in [3.05, 3.63) is 28.2 Å². The molecule has 0 atom stereocenters. The van der Waals surface area contributed by atoms with Gasteiger partial charge in [-0.2, -0.15) is 0 Å². The minimum atomic E-state index is -0.186. The van der Waals surface area contributed by atoms with E-state index in [0.29, 0.717) is 12.1 Å². The maximum absolute atomic E-state index is 11.9. The topological polar surface area (TPSA) is 52.6 Å². The Morgan fingerprint density at radius 3 is 2.88 bits per heavy atom. The van der Waals surface area contributed by atoms with Gasteiger partial charge < -0.3 is 15.3 Å². The first-order valence-electron chi connectivity index (χ1n) is 4.95. The maximum Gasteiger partial charge on any atom is 0.257 e. The maximum atomic E-state index is 11.9. The molecule has 1 rings (SSSR count). The monoisotopic (exact) mass is 286 g/mol. The number of nitrogens with zero attached hydrogens (tertiary/aromatic N) is 1. The molecule has 2 N–H and O–H groups in total. The van der Waals surface area contributed by atoms with Crippen LogP contribution in [0.15, 0.2) is 22.7 Å². The van der Waals surface area contributed by atoms with Gasteiger partial charge in [0.2, 0.25) is 0 Å². The molecule has 0 radical (unpaired) electrons. The average molecular weight is 287 g/mol. The van der Waals surface area contributed by atoms with Gasteiger partial charge in [0.15, 0.2) is 0 Å². The van der Waals surface area contributed by atoms with E-state index >= 15 is 0 Å². The molecule has 0 unspecified atom stereocenters. The molecule has 0 spiro atoms. The smallest absolute Gasteiger partial charge is 0.257 e. The summed E-state index contributed by atoms with van der Waals surface area (Å²) in [5.74, 6) is -0.182. The molecule has 0 aromatic heterocycles. The number of carbonyl (C=O) groups is 1. The Morgan fingerprint density at radius 2 is 2.25 bits per heavy atom. The number of aromatic hydroxyl groups is 1. The van der Waals surface area contributed by atoms with Crippen molar-refractivity contribution in [3.8, 4) is 5.75 Å². The molecule has 0 fully saturated rings. The Labute approximate surface area is 103 Å². The number of phenols is 1. The van der Waals surface area contributed by atoms with Crippen LogP contribution in [-0.4, -0.2) is 43.1 Å². The highest BCUT2D eigenvalue weighted by atomic mass is 79.9. The standard InChI is InChI=1S/C11H15BrN2O2/c1-13-5-6-14(2)11(16)9-7-8(12)3-4-10(9)15/h3-4,7,13,15H,5-6H2,1-2H3. The molecule has 1 amide bonds. The van der Waals surface area contributed by atoms with Crippen LogP contribution in [0.5, 0.6) is 5.75 Å². The SMILES string of the molecule is CNCCN(C)C(=O)c1cc(Br)ccc1O. The molecule has 4 nitrogen and oxygen atoms in total. The molecule has 0 bridgehead atoms. The third-order valence-electron chi connectivity index (χ3n) is 2.23. The molecule has 0 heterocycles. The van der Waals surface area contributed by atoms with E-state index in [-0.39, 0.29) is 11.7 Å². The quantitative estimate of drug-likeness (QED) is 0.881. The Hall–Kier alpha value is -1.07. The highest BCUT2D eigenvalue weighted by Crippen LogP contribution is 2.22. The predicted octanol–water partition coefficient (Wildman–Crippen LogP) is 1.45. The van der Waals surface area contributed by atoms with Crippen LogP contribution in [0.2, 0.25) is 0 Å². The normalized spacial score (nSPS) is 10.2. The second-order valence-electron chi connectivity index (χ2n) is 3.49. The van der Waals surface area contributed by atoms with E-state index in [1.807, 2.05) is 7.05 Å². The Morgan fingerprint density at radius 1 is 1.56 bits per heavy atom.